The molecule has 7 heteroatoms. The third-order valence-corrected chi connectivity index (χ3v) is 6.71. The molecule has 0 aliphatic carbocycles. The predicted octanol–water partition coefficient (Wildman–Crippen LogP) is 6.53. The molecule has 0 spiro atoms. The average molecular weight is 459 g/mol. The highest BCUT2D eigenvalue weighted by molar-refractivity contribution is 7.22. The average Bonchev–Trinajstić information content (AvgIpc) is 3.37. The van der Waals surface area contributed by atoms with E-state index in [9.17, 15) is 4.79 Å². The molecule has 3 aromatic rings. The van der Waals surface area contributed by atoms with E-state index >= 15 is 0 Å². The summed E-state index contributed by atoms with van der Waals surface area (Å²) in [6, 6.07) is 12.1. The first kappa shape index (κ1) is 22.1. The number of benzene rings is 1. The van der Waals surface area contributed by atoms with Crippen molar-refractivity contribution in [3.63, 3.8) is 0 Å². The second-order valence-corrected chi connectivity index (χ2v) is 10.3. The van der Waals surface area contributed by atoms with Gasteiger partial charge in [-0.1, -0.05) is 35.9 Å². The van der Waals surface area contributed by atoms with Gasteiger partial charge in [0.05, 0.1) is 27.9 Å². The molecule has 3 heterocycles. The lowest BCUT2D eigenvalue weighted by Crippen LogP contribution is -2.40. The standard InChI is InChI=1S/C24H27ClN2O3S/c1-24(2,3)30-23(28)27(15-18-5-4-12-29-18)14-16-6-8-17(9-7-16)21-13-20-22(31-21)19(25)10-11-26-20/h6-11,13,18H,4-5,12,14-15H2,1-3H3. The predicted molar refractivity (Wildman–Crippen MR) is 126 cm³/mol. The summed E-state index contributed by atoms with van der Waals surface area (Å²) >= 11 is 7.93. The molecule has 1 aliphatic rings. The van der Waals surface area contributed by atoms with Crippen LogP contribution in [0.25, 0.3) is 20.7 Å². The van der Waals surface area contributed by atoms with Gasteiger partial charge in [-0.05, 0) is 56.9 Å². The number of rotatable bonds is 5. The molecular formula is C24H27ClN2O3S. The number of fused-ring (bicyclic) bond motifs is 1. The molecule has 0 N–H and O–H groups in total. The Kier molecular flexibility index (Phi) is 6.51. The fourth-order valence-corrected chi connectivity index (χ4v) is 4.90. The Morgan fingerprint density at radius 1 is 1.29 bits per heavy atom. The number of aromatic nitrogens is 1. The lowest BCUT2D eigenvalue weighted by atomic mass is 10.1. The summed E-state index contributed by atoms with van der Waals surface area (Å²) in [7, 11) is 0. The number of hydrogen-bond acceptors (Lipinski definition) is 5. The van der Waals surface area contributed by atoms with E-state index in [2.05, 4.69) is 35.3 Å². The van der Waals surface area contributed by atoms with Crippen LogP contribution >= 0.6 is 22.9 Å². The van der Waals surface area contributed by atoms with Crippen molar-refractivity contribution < 1.29 is 14.3 Å². The van der Waals surface area contributed by atoms with Crippen molar-refractivity contribution in [1.82, 2.24) is 9.88 Å². The van der Waals surface area contributed by atoms with Crippen molar-refractivity contribution in [3.05, 3.63) is 53.2 Å². The molecule has 1 unspecified atom stereocenters. The van der Waals surface area contributed by atoms with Gasteiger partial charge in [-0.3, -0.25) is 4.98 Å². The highest BCUT2D eigenvalue weighted by Crippen LogP contribution is 2.36. The van der Waals surface area contributed by atoms with E-state index in [1.165, 1.54) is 0 Å². The van der Waals surface area contributed by atoms with E-state index in [0.717, 1.165) is 50.7 Å². The fraction of sp³-hybridized carbons (Fsp3) is 0.417. The lowest BCUT2D eigenvalue weighted by molar-refractivity contribution is 0.00860. The summed E-state index contributed by atoms with van der Waals surface area (Å²) in [5.41, 5.74) is 2.52. The highest BCUT2D eigenvalue weighted by atomic mass is 35.5. The molecule has 1 atom stereocenters. The van der Waals surface area contributed by atoms with Crippen molar-refractivity contribution in [3.8, 4) is 10.4 Å². The van der Waals surface area contributed by atoms with Gasteiger partial charge >= 0.3 is 6.09 Å². The normalized spacial score (nSPS) is 16.6. The summed E-state index contributed by atoms with van der Waals surface area (Å²) < 4.78 is 12.4. The maximum Gasteiger partial charge on any atom is 0.410 e. The molecule has 31 heavy (non-hydrogen) atoms. The second kappa shape index (κ2) is 9.15. The van der Waals surface area contributed by atoms with Gasteiger partial charge in [0, 0.05) is 24.2 Å². The van der Waals surface area contributed by atoms with E-state index in [-0.39, 0.29) is 12.2 Å². The lowest BCUT2D eigenvalue weighted by Gasteiger charge is -2.29. The quantitative estimate of drug-likeness (QED) is 0.436. The topological polar surface area (TPSA) is 51.7 Å². The number of pyridine rings is 1. The Bertz CT molecular complexity index is 1050. The fourth-order valence-electron chi connectivity index (χ4n) is 3.61. The summed E-state index contributed by atoms with van der Waals surface area (Å²) in [5, 5.41) is 0.722. The van der Waals surface area contributed by atoms with E-state index < -0.39 is 5.60 Å². The van der Waals surface area contributed by atoms with Crippen molar-refractivity contribution in [2.24, 2.45) is 0 Å². The zero-order valence-corrected chi connectivity index (χ0v) is 19.6. The third kappa shape index (κ3) is 5.56. The largest absolute Gasteiger partial charge is 0.444 e. The zero-order chi connectivity index (χ0) is 22.0. The minimum atomic E-state index is -0.536. The van der Waals surface area contributed by atoms with Crippen LogP contribution in [0.5, 0.6) is 0 Å². The van der Waals surface area contributed by atoms with Crippen LogP contribution in [0, 0.1) is 0 Å². The van der Waals surface area contributed by atoms with Gasteiger partial charge in [-0.2, -0.15) is 0 Å². The van der Waals surface area contributed by atoms with E-state index in [4.69, 9.17) is 21.1 Å². The molecule has 0 radical (unpaired) electrons. The summed E-state index contributed by atoms with van der Waals surface area (Å²) in [4.78, 5) is 20.1. The van der Waals surface area contributed by atoms with Crippen LogP contribution in [0.4, 0.5) is 4.79 Å². The second-order valence-electron chi connectivity index (χ2n) is 8.81. The van der Waals surface area contributed by atoms with Crippen LogP contribution in [0.15, 0.2) is 42.6 Å². The van der Waals surface area contributed by atoms with Gasteiger partial charge in [0.25, 0.3) is 0 Å². The Hall–Kier alpha value is -2.15. The van der Waals surface area contributed by atoms with Crippen molar-refractivity contribution in [2.75, 3.05) is 13.2 Å². The number of hydrogen-bond donors (Lipinski definition) is 0. The Morgan fingerprint density at radius 3 is 2.71 bits per heavy atom. The molecule has 5 nitrogen and oxygen atoms in total. The Balaban J connectivity index is 1.51. The number of amides is 1. The summed E-state index contributed by atoms with van der Waals surface area (Å²) in [5.74, 6) is 0. The SMILES string of the molecule is CC(C)(C)OC(=O)N(Cc1ccc(-c2cc3nccc(Cl)c3s2)cc1)CC1CCCO1. The molecule has 1 amide bonds. The smallest absolute Gasteiger partial charge is 0.410 e. The van der Waals surface area contributed by atoms with Crippen LogP contribution in [-0.2, 0) is 16.0 Å². The molecule has 1 saturated heterocycles. The molecule has 0 bridgehead atoms. The van der Waals surface area contributed by atoms with Crippen molar-refractivity contribution in [2.45, 2.75) is 51.9 Å². The Labute approximate surface area is 191 Å². The molecule has 0 saturated carbocycles. The molecule has 1 aromatic carbocycles. The zero-order valence-electron chi connectivity index (χ0n) is 18.1. The number of thiophene rings is 1. The number of nitrogens with zero attached hydrogens (tertiary/aromatic N) is 2. The molecule has 1 fully saturated rings. The molecule has 1 aliphatic heterocycles. The van der Waals surface area contributed by atoms with Gasteiger partial charge in [-0.15, -0.1) is 11.3 Å². The first-order chi connectivity index (χ1) is 14.8. The van der Waals surface area contributed by atoms with Crippen LogP contribution in [0.3, 0.4) is 0 Å². The van der Waals surface area contributed by atoms with Crippen molar-refractivity contribution >= 4 is 39.2 Å². The van der Waals surface area contributed by atoms with Crippen LogP contribution < -0.4 is 0 Å². The van der Waals surface area contributed by atoms with Gasteiger partial charge in [0.15, 0.2) is 0 Å². The molecule has 4 rings (SSSR count). The van der Waals surface area contributed by atoms with E-state index in [1.807, 2.05) is 26.8 Å². The monoisotopic (exact) mass is 458 g/mol. The number of ether oxygens (including phenoxy) is 2. The maximum atomic E-state index is 12.8. The van der Waals surface area contributed by atoms with Gasteiger partial charge in [0.2, 0.25) is 0 Å². The van der Waals surface area contributed by atoms with Crippen molar-refractivity contribution in [1.29, 1.82) is 0 Å². The molecular weight excluding hydrogens is 432 g/mol. The first-order valence-electron chi connectivity index (χ1n) is 10.5. The maximum absolute atomic E-state index is 12.8. The van der Waals surface area contributed by atoms with Crippen LogP contribution in [0.2, 0.25) is 5.02 Å². The van der Waals surface area contributed by atoms with Gasteiger partial charge in [-0.25, -0.2) is 4.79 Å². The molecule has 164 valence electrons. The Morgan fingerprint density at radius 2 is 2.06 bits per heavy atom. The first-order valence-corrected chi connectivity index (χ1v) is 11.7. The van der Waals surface area contributed by atoms with Gasteiger partial charge in [0.1, 0.15) is 5.60 Å². The number of carbonyl (C=O) groups is 1. The molecule has 2 aromatic heterocycles. The number of carbonyl (C=O) groups excluding carboxylic acids is 1. The minimum absolute atomic E-state index is 0.0718. The third-order valence-electron chi connectivity index (χ3n) is 5.08. The number of halogens is 1. The summed E-state index contributed by atoms with van der Waals surface area (Å²) in [6.07, 6.45) is 3.50. The van der Waals surface area contributed by atoms with Crippen LogP contribution in [0.1, 0.15) is 39.2 Å². The highest BCUT2D eigenvalue weighted by Gasteiger charge is 2.26. The summed E-state index contributed by atoms with van der Waals surface area (Å²) in [6.45, 7) is 7.43. The van der Waals surface area contributed by atoms with E-state index in [0.29, 0.717) is 13.1 Å². The van der Waals surface area contributed by atoms with Crippen LogP contribution in [-0.4, -0.2) is 40.8 Å². The van der Waals surface area contributed by atoms with E-state index in [1.54, 1.807) is 22.4 Å². The minimum Gasteiger partial charge on any atom is -0.444 e. The van der Waals surface area contributed by atoms with Gasteiger partial charge < -0.3 is 14.4 Å².